The lowest BCUT2D eigenvalue weighted by Gasteiger charge is -2.23. The van der Waals surface area contributed by atoms with Crippen LogP contribution in [-0.2, 0) is 0 Å². The smallest absolute Gasteiger partial charge is 0.0431 e. The van der Waals surface area contributed by atoms with Crippen molar-refractivity contribution in [1.82, 2.24) is 4.90 Å². The van der Waals surface area contributed by atoms with Crippen molar-refractivity contribution in [2.24, 2.45) is 11.7 Å². The molecule has 0 heterocycles. The molecule has 1 unspecified atom stereocenters. The van der Waals surface area contributed by atoms with Gasteiger partial charge in [0, 0.05) is 13.2 Å². The Hall–Kier alpha value is -0.120. The van der Waals surface area contributed by atoms with Crippen LogP contribution in [0.5, 0.6) is 0 Å². The van der Waals surface area contributed by atoms with Crippen molar-refractivity contribution in [1.29, 1.82) is 0 Å². The van der Waals surface area contributed by atoms with Crippen LogP contribution in [0.1, 0.15) is 33.1 Å². The van der Waals surface area contributed by atoms with Gasteiger partial charge in [0.1, 0.15) is 0 Å². The Labute approximate surface area is 88.3 Å². The maximum atomic E-state index is 8.64. The van der Waals surface area contributed by atoms with E-state index in [1.807, 2.05) is 0 Å². The van der Waals surface area contributed by atoms with Crippen molar-refractivity contribution < 1.29 is 5.11 Å². The molecule has 0 fully saturated rings. The van der Waals surface area contributed by atoms with E-state index in [1.54, 1.807) is 0 Å². The molecule has 86 valence electrons. The van der Waals surface area contributed by atoms with Gasteiger partial charge in [-0.25, -0.2) is 0 Å². The van der Waals surface area contributed by atoms with Crippen molar-refractivity contribution in [2.75, 3.05) is 32.8 Å². The Bertz CT molecular complexity index is 120. The molecule has 0 aromatic carbocycles. The third-order valence-corrected chi connectivity index (χ3v) is 2.55. The summed E-state index contributed by atoms with van der Waals surface area (Å²) in [5, 5.41) is 8.64. The largest absolute Gasteiger partial charge is 0.396 e. The number of rotatable bonds is 9. The SMILES string of the molecule is CCN(CCCCCO)CC(C)CN. The summed E-state index contributed by atoms with van der Waals surface area (Å²) in [7, 11) is 0. The minimum atomic E-state index is 0.325. The second-order valence-electron chi connectivity index (χ2n) is 4.02. The van der Waals surface area contributed by atoms with Crippen LogP contribution >= 0.6 is 0 Å². The average molecular weight is 202 g/mol. The second-order valence-corrected chi connectivity index (χ2v) is 4.02. The standard InChI is InChI=1S/C11H26N2O/c1-3-13(10-11(2)9-12)7-5-4-6-8-14/h11,14H,3-10,12H2,1-2H3. The number of aliphatic hydroxyl groups excluding tert-OH is 1. The van der Waals surface area contributed by atoms with Gasteiger partial charge in [-0.3, -0.25) is 0 Å². The first-order valence-electron chi connectivity index (χ1n) is 5.77. The van der Waals surface area contributed by atoms with E-state index in [0.29, 0.717) is 12.5 Å². The Balaban J connectivity index is 3.47. The van der Waals surface area contributed by atoms with Gasteiger partial charge in [0.05, 0.1) is 0 Å². The summed E-state index contributed by atoms with van der Waals surface area (Å²) < 4.78 is 0. The first kappa shape index (κ1) is 13.9. The van der Waals surface area contributed by atoms with Gasteiger partial charge >= 0.3 is 0 Å². The summed E-state index contributed by atoms with van der Waals surface area (Å²) in [6, 6.07) is 0. The Kier molecular flexibility index (Phi) is 9.35. The molecule has 0 aliphatic carbocycles. The van der Waals surface area contributed by atoms with E-state index in [2.05, 4.69) is 18.7 Å². The van der Waals surface area contributed by atoms with E-state index < -0.39 is 0 Å². The third kappa shape index (κ3) is 7.30. The quantitative estimate of drug-likeness (QED) is 0.550. The Morgan fingerprint density at radius 1 is 1.29 bits per heavy atom. The van der Waals surface area contributed by atoms with Gasteiger partial charge in [0.15, 0.2) is 0 Å². The molecule has 1 atom stereocenters. The normalized spacial score (nSPS) is 13.5. The van der Waals surface area contributed by atoms with Gasteiger partial charge in [-0.1, -0.05) is 13.8 Å². The third-order valence-electron chi connectivity index (χ3n) is 2.55. The highest BCUT2D eigenvalue weighted by atomic mass is 16.2. The van der Waals surface area contributed by atoms with Gasteiger partial charge in [-0.2, -0.15) is 0 Å². The fourth-order valence-corrected chi connectivity index (χ4v) is 1.52. The van der Waals surface area contributed by atoms with Gasteiger partial charge in [0.25, 0.3) is 0 Å². The number of hydrogen-bond donors (Lipinski definition) is 2. The van der Waals surface area contributed by atoms with Crippen molar-refractivity contribution in [3.8, 4) is 0 Å². The first-order valence-corrected chi connectivity index (χ1v) is 5.77. The Morgan fingerprint density at radius 3 is 2.50 bits per heavy atom. The molecule has 0 aliphatic rings. The zero-order valence-corrected chi connectivity index (χ0v) is 9.71. The summed E-state index contributed by atoms with van der Waals surface area (Å²) in [5.41, 5.74) is 5.59. The summed E-state index contributed by atoms with van der Waals surface area (Å²) >= 11 is 0. The summed E-state index contributed by atoms with van der Waals surface area (Å²) in [5.74, 6) is 0.591. The highest BCUT2D eigenvalue weighted by Crippen LogP contribution is 2.02. The van der Waals surface area contributed by atoms with Crippen molar-refractivity contribution in [3.63, 3.8) is 0 Å². The molecule has 3 N–H and O–H groups in total. The van der Waals surface area contributed by atoms with E-state index >= 15 is 0 Å². The van der Waals surface area contributed by atoms with E-state index in [4.69, 9.17) is 10.8 Å². The number of nitrogens with zero attached hydrogens (tertiary/aromatic N) is 1. The molecule has 0 saturated heterocycles. The highest BCUT2D eigenvalue weighted by Gasteiger charge is 2.06. The van der Waals surface area contributed by atoms with E-state index in [-0.39, 0.29) is 0 Å². The van der Waals surface area contributed by atoms with Crippen LogP contribution in [0.4, 0.5) is 0 Å². The predicted molar refractivity (Wildman–Crippen MR) is 61.3 cm³/mol. The molecule has 0 rings (SSSR count). The highest BCUT2D eigenvalue weighted by molar-refractivity contribution is 4.62. The first-order chi connectivity index (χ1) is 6.74. The van der Waals surface area contributed by atoms with Crippen molar-refractivity contribution in [3.05, 3.63) is 0 Å². The number of unbranched alkanes of at least 4 members (excludes halogenated alkanes) is 2. The van der Waals surface area contributed by atoms with Crippen molar-refractivity contribution in [2.45, 2.75) is 33.1 Å². The summed E-state index contributed by atoms with van der Waals surface area (Å²) in [6.07, 6.45) is 3.25. The maximum Gasteiger partial charge on any atom is 0.0431 e. The average Bonchev–Trinajstić information content (AvgIpc) is 2.22. The molecular weight excluding hydrogens is 176 g/mol. The summed E-state index contributed by atoms with van der Waals surface area (Å²) in [6.45, 7) is 8.82. The molecule has 0 amide bonds. The van der Waals surface area contributed by atoms with E-state index in [9.17, 15) is 0 Å². The molecule has 3 nitrogen and oxygen atoms in total. The molecule has 0 aliphatic heterocycles. The lowest BCUT2D eigenvalue weighted by molar-refractivity contribution is 0.237. The lowest BCUT2D eigenvalue weighted by Crippen LogP contribution is -2.32. The van der Waals surface area contributed by atoms with E-state index in [1.165, 1.54) is 6.42 Å². The summed E-state index contributed by atoms with van der Waals surface area (Å²) in [4.78, 5) is 2.44. The van der Waals surface area contributed by atoms with E-state index in [0.717, 1.165) is 39.0 Å². The minimum absolute atomic E-state index is 0.325. The molecule has 0 aromatic heterocycles. The zero-order valence-electron chi connectivity index (χ0n) is 9.71. The minimum Gasteiger partial charge on any atom is -0.396 e. The number of hydrogen-bond acceptors (Lipinski definition) is 3. The van der Waals surface area contributed by atoms with Crippen LogP contribution in [0.3, 0.4) is 0 Å². The monoisotopic (exact) mass is 202 g/mol. The topological polar surface area (TPSA) is 49.5 Å². The van der Waals surface area contributed by atoms with Crippen LogP contribution in [0, 0.1) is 5.92 Å². The van der Waals surface area contributed by atoms with Crippen LogP contribution in [0.2, 0.25) is 0 Å². The molecule has 0 aromatic rings. The molecule has 0 bridgehead atoms. The van der Waals surface area contributed by atoms with Crippen LogP contribution in [0.15, 0.2) is 0 Å². The molecule has 0 saturated carbocycles. The Morgan fingerprint density at radius 2 is 2.00 bits per heavy atom. The molecule has 14 heavy (non-hydrogen) atoms. The van der Waals surface area contributed by atoms with Crippen molar-refractivity contribution >= 4 is 0 Å². The van der Waals surface area contributed by atoms with Crippen LogP contribution < -0.4 is 5.73 Å². The van der Waals surface area contributed by atoms with Crippen LogP contribution in [0.25, 0.3) is 0 Å². The second kappa shape index (κ2) is 9.44. The fourth-order valence-electron chi connectivity index (χ4n) is 1.52. The molecule has 0 spiro atoms. The predicted octanol–water partition coefficient (Wildman–Crippen LogP) is 1.07. The molecular formula is C11H26N2O. The molecule has 0 radical (unpaired) electrons. The van der Waals surface area contributed by atoms with Gasteiger partial charge in [-0.15, -0.1) is 0 Å². The fraction of sp³-hybridized carbons (Fsp3) is 1.00. The maximum absolute atomic E-state index is 8.64. The van der Waals surface area contributed by atoms with Gasteiger partial charge < -0.3 is 15.7 Å². The number of nitrogens with two attached hydrogens (primary N) is 1. The van der Waals surface area contributed by atoms with Crippen LogP contribution in [-0.4, -0.2) is 42.8 Å². The van der Waals surface area contributed by atoms with Gasteiger partial charge in [0.2, 0.25) is 0 Å². The lowest BCUT2D eigenvalue weighted by atomic mass is 10.1. The number of aliphatic hydroxyl groups is 1. The molecule has 3 heteroatoms. The zero-order chi connectivity index (χ0) is 10.8. The van der Waals surface area contributed by atoms with Gasteiger partial charge in [-0.05, 0) is 44.8 Å².